The minimum Gasteiger partial charge on any atom is -0.348 e. The van der Waals surface area contributed by atoms with Crippen molar-refractivity contribution in [1.29, 1.82) is 0 Å². The smallest absolute Gasteiger partial charge is 0.264 e. The van der Waals surface area contributed by atoms with Crippen LogP contribution in [-0.2, 0) is 14.8 Å². The van der Waals surface area contributed by atoms with E-state index in [2.05, 4.69) is 5.32 Å². The lowest BCUT2D eigenvalue weighted by Gasteiger charge is -2.25. The van der Waals surface area contributed by atoms with Crippen LogP contribution in [0.5, 0.6) is 0 Å². The van der Waals surface area contributed by atoms with Crippen LogP contribution in [0, 0.1) is 20.8 Å². The molecule has 1 amide bonds. The topological polar surface area (TPSA) is 66.5 Å². The van der Waals surface area contributed by atoms with E-state index in [1.807, 2.05) is 52.0 Å². The molecule has 0 radical (unpaired) electrons. The molecular weight excluding hydrogens is 408 g/mol. The zero-order chi connectivity index (χ0) is 22.6. The highest BCUT2D eigenvalue weighted by molar-refractivity contribution is 7.92. The number of hydrogen-bond acceptors (Lipinski definition) is 3. The number of aryl methyl sites for hydroxylation is 3. The Balaban J connectivity index is 1.90. The van der Waals surface area contributed by atoms with Gasteiger partial charge in [-0.05, 0) is 68.7 Å². The van der Waals surface area contributed by atoms with Gasteiger partial charge >= 0.3 is 0 Å². The number of carbonyl (C=O) groups is 1. The van der Waals surface area contributed by atoms with Crippen molar-refractivity contribution in [3.63, 3.8) is 0 Å². The highest BCUT2D eigenvalue weighted by atomic mass is 32.2. The Hall–Kier alpha value is -3.12. The molecule has 0 saturated carbocycles. The van der Waals surface area contributed by atoms with Gasteiger partial charge < -0.3 is 5.32 Å². The molecule has 0 spiro atoms. The zero-order valence-corrected chi connectivity index (χ0v) is 19.1. The number of benzene rings is 3. The van der Waals surface area contributed by atoms with Crippen molar-refractivity contribution in [1.82, 2.24) is 5.32 Å². The third-order valence-corrected chi connectivity index (χ3v) is 6.97. The number of sulfonamides is 1. The van der Waals surface area contributed by atoms with E-state index >= 15 is 0 Å². The van der Waals surface area contributed by atoms with Gasteiger partial charge in [0, 0.05) is 0 Å². The van der Waals surface area contributed by atoms with Gasteiger partial charge in [0.1, 0.15) is 6.54 Å². The summed E-state index contributed by atoms with van der Waals surface area (Å²) in [6.45, 7) is 7.48. The molecule has 3 aromatic carbocycles. The van der Waals surface area contributed by atoms with Gasteiger partial charge in [-0.25, -0.2) is 8.42 Å². The lowest BCUT2D eigenvalue weighted by atomic mass is 10.00. The molecule has 0 saturated heterocycles. The maximum atomic E-state index is 13.4. The first kappa shape index (κ1) is 22.6. The maximum absolute atomic E-state index is 13.4. The van der Waals surface area contributed by atoms with Gasteiger partial charge in [0.15, 0.2) is 0 Å². The molecule has 1 atom stereocenters. The van der Waals surface area contributed by atoms with Crippen LogP contribution in [0.25, 0.3) is 0 Å². The third kappa shape index (κ3) is 5.33. The molecule has 0 aliphatic heterocycles. The number of anilines is 1. The van der Waals surface area contributed by atoms with Crippen molar-refractivity contribution < 1.29 is 13.2 Å². The summed E-state index contributed by atoms with van der Waals surface area (Å²) in [5.74, 6) is -0.366. The summed E-state index contributed by atoms with van der Waals surface area (Å²) in [6, 6.07) is 21.2. The molecule has 31 heavy (non-hydrogen) atoms. The van der Waals surface area contributed by atoms with E-state index < -0.39 is 10.0 Å². The van der Waals surface area contributed by atoms with Gasteiger partial charge in [-0.3, -0.25) is 9.10 Å². The second kappa shape index (κ2) is 9.35. The molecule has 0 aliphatic rings. The molecule has 0 bridgehead atoms. The van der Waals surface area contributed by atoms with Crippen LogP contribution in [0.2, 0.25) is 0 Å². The number of carbonyl (C=O) groups excluding carboxylic acids is 1. The van der Waals surface area contributed by atoms with Crippen LogP contribution >= 0.6 is 0 Å². The second-order valence-corrected chi connectivity index (χ2v) is 9.68. The average molecular weight is 437 g/mol. The van der Waals surface area contributed by atoms with Gasteiger partial charge in [-0.1, -0.05) is 54.1 Å². The van der Waals surface area contributed by atoms with Crippen molar-refractivity contribution in [2.75, 3.05) is 10.8 Å². The van der Waals surface area contributed by atoms with Gasteiger partial charge in [-0.2, -0.15) is 0 Å². The van der Waals surface area contributed by atoms with E-state index in [1.54, 1.807) is 36.4 Å². The molecule has 5 nitrogen and oxygen atoms in total. The Morgan fingerprint density at radius 1 is 0.903 bits per heavy atom. The van der Waals surface area contributed by atoms with Gasteiger partial charge in [-0.15, -0.1) is 0 Å². The fourth-order valence-corrected chi connectivity index (χ4v) is 4.97. The summed E-state index contributed by atoms with van der Waals surface area (Å²) in [5, 5.41) is 2.96. The first-order chi connectivity index (χ1) is 14.7. The van der Waals surface area contributed by atoms with E-state index in [4.69, 9.17) is 0 Å². The Morgan fingerprint density at radius 3 is 2.26 bits per heavy atom. The van der Waals surface area contributed by atoms with Crippen LogP contribution < -0.4 is 9.62 Å². The number of nitrogens with one attached hydrogen (secondary N) is 1. The molecular formula is C25H28N2O3S. The SMILES string of the molecule is Cc1cccc(N(CC(=O)N[C@H](C)c2cc(C)ccc2C)S(=O)(=O)c2ccccc2)c1. The zero-order valence-electron chi connectivity index (χ0n) is 18.3. The Morgan fingerprint density at radius 2 is 1.58 bits per heavy atom. The quantitative estimate of drug-likeness (QED) is 0.585. The first-order valence-corrected chi connectivity index (χ1v) is 11.6. The van der Waals surface area contributed by atoms with Crippen molar-refractivity contribution >= 4 is 21.6 Å². The van der Waals surface area contributed by atoms with E-state index in [0.717, 1.165) is 22.3 Å². The molecule has 6 heteroatoms. The van der Waals surface area contributed by atoms with Crippen LogP contribution in [0.4, 0.5) is 5.69 Å². The lowest BCUT2D eigenvalue weighted by Crippen LogP contribution is -2.41. The molecule has 0 unspecified atom stereocenters. The number of rotatable bonds is 7. The van der Waals surface area contributed by atoms with E-state index in [1.165, 1.54) is 16.4 Å². The summed E-state index contributed by atoms with van der Waals surface area (Å²) in [7, 11) is -3.91. The minimum atomic E-state index is -3.91. The highest BCUT2D eigenvalue weighted by Gasteiger charge is 2.27. The highest BCUT2D eigenvalue weighted by Crippen LogP contribution is 2.25. The Labute approximate surface area is 184 Å². The van der Waals surface area contributed by atoms with E-state index in [0.29, 0.717) is 5.69 Å². The predicted molar refractivity (Wildman–Crippen MR) is 125 cm³/mol. The van der Waals surface area contributed by atoms with E-state index in [-0.39, 0.29) is 23.4 Å². The summed E-state index contributed by atoms with van der Waals surface area (Å²) < 4.78 is 27.9. The van der Waals surface area contributed by atoms with Crippen molar-refractivity contribution in [3.05, 3.63) is 95.1 Å². The summed E-state index contributed by atoms with van der Waals surface area (Å²) in [6.07, 6.45) is 0. The summed E-state index contributed by atoms with van der Waals surface area (Å²) in [5.41, 5.74) is 4.57. The van der Waals surface area contributed by atoms with E-state index in [9.17, 15) is 13.2 Å². The first-order valence-electron chi connectivity index (χ1n) is 10.2. The second-order valence-electron chi connectivity index (χ2n) is 7.81. The molecule has 162 valence electrons. The number of nitrogens with zero attached hydrogens (tertiary/aromatic N) is 1. The van der Waals surface area contributed by atoms with Crippen LogP contribution in [0.1, 0.15) is 35.2 Å². The lowest BCUT2D eigenvalue weighted by molar-refractivity contribution is -0.120. The predicted octanol–water partition coefficient (Wildman–Crippen LogP) is 4.68. The largest absolute Gasteiger partial charge is 0.348 e. The molecule has 0 aliphatic carbocycles. The van der Waals surface area contributed by atoms with Gasteiger partial charge in [0.2, 0.25) is 5.91 Å². The fourth-order valence-electron chi connectivity index (χ4n) is 3.54. The van der Waals surface area contributed by atoms with Crippen molar-refractivity contribution in [2.24, 2.45) is 0 Å². The fraction of sp³-hybridized carbons (Fsp3) is 0.240. The Kier molecular flexibility index (Phi) is 6.81. The summed E-state index contributed by atoms with van der Waals surface area (Å²) in [4.78, 5) is 13.1. The molecule has 0 aromatic heterocycles. The minimum absolute atomic E-state index is 0.145. The maximum Gasteiger partial charge on any atom is 0.264 e. The van der Waals surface area contributed by atoms with Crippen LogP contribution in [-0.4, -0.2) is 20.9 Å². The normalized spacial score (nSPS) is 12.3. The van der Waals surface area contributed by atoms with Crippen LogP contribution in [0.3, 0.4) is 0 Å². The molecule has 3 aromatic rings. The standard InChI is InChI=1S/C25H28N2O3S/c1-18-9-8-10-22(15-18)27(31(29,30)23-11-6-5-7-12-23)17-25(28)26-21(4)24-16-19(2)13-14-20(24)3/h5-16,21H,17H2,1-4H3,(H,26,28)/t21-/m1/s1. The summed E-state index contributed by atoms with van der Waals surface area (Å²) >= 11 is 0. The molecule has 0 fully saturated rings. The molecule has 1 N–H and O–H groups in total. The van der Waals surface area contributed by atoms with Crippen molar-refractivity contribution in [3.8, 4) is 0 Å². The van der Waals surface area contributed by atoms with Crippen LogP contribution in [0.15, 0.2) is 77.7 Å². The molecule has 0 heterocycles. The Bertz CT molecular complexity index is 1170. The van der Waals surface area contributed by atoms with Gasteiger partial charge in [0.05, 0.1) is 16.6 Å². The van der Waals surface area contributed by atoms with Crippen molar-refractivity contribution in [2.45, 2.75) is 38.6 Å². The number of hydrogen-bond donors (Lipinski definition) is 1. The third-order valence-electron chi connectivity index (χ3n) is 5.19. The molecule has 3 rings (SSSR count). The number of amides is 1. The van der Waals surface area contributed by atoms with Gasteiger partial charge in [0.25, 0.3) is 10.0 Å². The monoisotopic (exact) mass is 436 g/mol. The average Bonchev–Trinajstić information content (AvgIpc) is 2.74.